The van der Waals surface area contributed by atoms with Crippen molar-refractivity contribution in [1.29, 1.82) is 0 Å². The van der Waals surface area contributed by atoms with Crippen molar-refractivity contribution in [3.8, 4) is 0 Å². The Morgan fingerprint density at radius 2 is 1.95 bits per heavy atom. The zero-order chi connectivity index (χ0) is 15.4. The van der Waals surface area contributed by atoms with E-state index in [-0.39, 0.29) is 25.8 Å². The summed E-state index contributed by atoms with van der Waals surface area (Å²) in [4.78, 5) is 0. The third kappa shape index (κ3) is 5.89. The van der Waals surface area contributed by atoms with E-state index in [1.807, 2.05) is 0 Å². The van der Waals surface area contributed by atoms with E-state index >= 15 is 0 Å². The van der Waals surface area contributed by atoms with Crippen molar-refractivity contribution in [2.75, 3.05) is 32.2 Å². The van der Waals surface area contributed by atoms with Gasteiger partial charge in [0, 0.05) is 13.0 Å². The van der Waals surface area contributed by atoms with Crippen LogP contribution in [0.4, 0.5) is 0 Å². The molecule has 0 aromatic carbocycles. The van der Waals surface area contributed by atoms with Gasteiger partial charge in [0.2, 0.25) is 0 Å². The number of ether oxygens (including phenoxy) is 1. The molecule has 0 amide bonds. The SMILES string of the molecule is [3H][C@H]1C[C@@H](OS(C)(=O)=O)[C@@H](CP(=O)(OCC)OCC)O1. The Balaban J connectivity index is 2.78. The second kappa shape index (κ2) is 7.15. The highest BCUT2D eigenvalue weighted by atomic mass is 32.2. The van der Waals surface area contributed by atoms with Gasteiger partial charge in [-0.1, -0.05) is 0 Å². The van der Waals surface area contributed by atoms with E-state index in [0.717, 1.165) is 6.26 Å². The molecule has 7 nitrogen and oxygen atoms in total. The predicted octanol–water partition coefficient (Wildman–Crippen LogP) is 1.39. The first-order chi connectivity index (χ1) is 9.19. The molecule has 0 saturated carbocycles. The minimum Gasteiger partial charge on any atom is -0.375 e. The van der Waals surface area contributed by atoms with Crippen LogP contribution in [0.1, 0.15) is 21.6 Å². The molecule has 1 heterocycles. The molecule has 0 spiro atoms. The average molecular weight is 318 g/mol. The lowest BCUT2D eigenvalue weighted by atomic mass is 10.2. The summed E-state index contributed by atoms with van der Waals surface area (Å²) in [5.74, 6) is 0. The lowest BCUT2D eigenvalue weighted by Crippen LogP contribution is -2.30. The van der Waals surface area contributed by atoms with E-state index in [4.69, 9.17) is 19.3 Å². The van der Waals surface area contributed by atoms with E-state index in [1.165, 1.54) is 0 Å². The molecule has 1 aliphatic rings. The molecule has 0 aliphatic carbocycles. The Hall–Kier alpha value is 0.0200. The zero-order valence-electron chi connectivity index (χ0n) is 12.3. The molecule has 1 aliphatic heterocycles. The van der Waals surface area contributed by atoms with Crippen LogP contribution in [0.5, 0.6) is 0 Å². The van der Waals surface area contributed by atoms with Gasteiger partial charge in [0.15, 0.2) is 0 Å². The first-order valence-corrected chi connectivity index (χ1v) is 9.57. The average Bonchev–Trinajstić information content (AvgIpc) is 2.56. The van der Waals surface area contributed by atoms with Crippen LogP contribution in [0.3, 0.4) is 0 Å². The fourth-order valence-electron chi connectivity index (χ4n) is 1.76. The number of hydrogen-bond acceptors (Lipinski definition) is 7. The van der Waals surface area contributed by atoms with E-state index < -0.39 is 36.5 Å². The maximum absolute atomic E-state index is 12.4. The Bertz CT molecular complexity index is 445. The van der Waals surface area contributed by atoms with E-state index in [0.29, 0.717) is 0 Å². The van der Waals surface area contributed by atoms with Gasteiger partial charge in [0.05, 0.1) is 33.1 Å². The first-order valence-electron chi connectivity index (χ1n) is 6.61. The standard InChI is InChI=1S/C10H21O7PS/c1-4-15-18(11,16-5-2)8-10-9(6-7-14-10)17-19(3,12)13/h9-10H,4-8H2,1-3H3/t9-,10-/m1/s1/i7T/t7-,9+,10+/m0. The van der Waals surface area contributed by atoms with Gasteiger partial charge in [-0.05, 0) is 13.8 Å². The van der Waals surface area contributed by atoms with Crippen LogP contribution in [0, 0.1) is 0 Å². The molecule has 0 bridgehead atoms. The highest BCUT2D eigenvalue weighted by molar-refractivity contribution is 7.86. The van der Waals surface area contributed by atoms with Crippen molar-refractivity contribution in [3.63, 3.8) is 0 Å². The summed E-state index contributed by atoms with van der Waals surface area (Å²) in [6.07, 6.45) is -0.774. The van der Waals surface area contributed by atoms with Crippen molar-refractivity contribution >= 4 is 17.7 Å². The highest BCUT2D eigenvalue weighted by Gasteiger charge is 2.39. The normalized spacial score (nSPS) is 29.4. The molecular weight excluding hydrogens is 295 g/mol. The molecule has 1 rings (SSSR count). The van der Waals surface area contributed by atoms with Gasteiger partial charge in [-0.2, -0.15) is 8.42 Å². The van der Waals surface area contributed by atoms with Crippen LogP contribution >= 0.6 is 7.60 Å². The molecule has 114 valence electrons. The van der Waals surface area contributed by atoms with Crippen molar-refractivity contribution in [1.82, 2.24) is 0 Å². The lowest BCUT2D eigenvalue weighted by Gasteiger charge is -2.23. The maximum atomic E-state index is 12.4. The van der Waals surface area contributed by atoms with Gasteiger partial charge in [0.25, 0.3) is 10.1 Å². The predicted molar refractivity (Wildman–Crippen MR) is 69.8 cm³/mol. The summed E-state index contributed by atoms with van der Waals surface area (Å²) in [6.45, 7) is 2.85. The van der Waals surface area contributed by atoms with Crippen LogP contribution in [0.15, 0.2) is 0 Å². The van der Waals surface area contributed by atoms with Gasteiger partial charge in [-0.15, -0.1) is 0 Å². The van der Waals surface area contributed by atoms with Gasteiger partial charge < -0.3 is 13.8 Å². The molecule has 0 radical (unpaired) electrons. The number of hydrogen-bond donors (Lipinski definition) is 0. The topological polar surface area (TPSA) is 88.1 Å². The highest BCUT2D eigenvalue weighted by Crippen LogP contribution is 2.50. The molecule has 1 fully saturated rings. The largest absolute Gasteiger partial charge is 0.375 e. The van der Waals surface area contributed by atoms with Gasteiger partial charge in [0.1, 0.15) is 6.10 Å². The minimum atomic E-state index is -3.68. The summed E-state index contributed by atoms with van der Waals surface area (Å²) in [5, 5.41) is 0. The van der Waals surface area contributed by atoms with Crippen molar-refractivity contribution in [2.45, 2.75) is 32.5 Å². The quantitative estimate of drug-likeness (QED) is 0.493. The fourth-order valence-corrected chi connectivity index (χ4v) is 4.24. The summed E-state index contributed by atoms with van der Waals surface area (Å²) in [5.41, 5.74) is 0. The Morgan fingerprint density at radius 1 is 1.37 bits per heavy atom. The Morgan fingerprint density at radius 3 is 2.42 bits per heavy atom. The molecule has 0 unspecified atom stereocenters. The van der Waals surface area contributed by atoms with Gasteiger partial charge >= 0.3 is 7.60 Å². The van der Waals surface area contributed by atoms with Crippen molar-refractivity contribution in [2.24, 2.45) is 0 Å². The second-order valence-electron chi connectivity index (χ2n) is 4.04. The third-order valence-electron chi connectivity index (χ3n) is 2.37. The monoisotopic (exact) mass is 318 g/mol. The van der Waals surface area contributed by atoms with Crippen molar-refractivity contribution < 1.29 is 32.3 Å². The van der Waals surface area contributed by atoms with Crippen molar-refractivity contribution in [3.05, 3.63) is 0 Å². The van der Waals surface area contributed by atoms with Crippen LogP contribution in [-0.4, -0.2) is 52.8 Å². The zero-order valence-corrected chi connectivity index (χ0v) is 13.0. The molecule has 9 heteroatoms. The second-order valence-corrected chi connectivity index (χ2v) is 7.75. The number of rotatable bonds is 8. The fraction of sp³-hybridized carbons (Fsp3) is 1.00. The molecule has 3 atom stereocenters. The van der Waals surface area contributed by atoms with E-state index in [9.17, 15) is 13.0 Å². The lowest BCUT2D eigenvalue weighted by molar-refractivity contribution is 0.0660. The van der Waals surface area contributed by atoms with Gasteiger partial charge in [-0.25, -0.2) is 0 Å². The summed E-state index contributed by atoms with van der Waals surface area (Å²) >= 11 is 0. The molecule has 0 N–H and O–H groups in total. The molecular formula is C10H21O7PS. The van der Waals surface area contributed by atoms with Crippen LogP contribution in [0.2, 0.25) is 0 Å². The molecule has 0 aromatic heterocycles. The summed E-state index contributed by atoms with van der Waals surface area (Å²) < 4.78 is 62.7. The van der Waals surface area contributed by atoms with Crippen LogP contribution in [-0.2, 0) is 32.7 Å². The third-order valence-corrected chi connectivity index (χ3v) is 5.07. The smallest absolute Gasteiger partial charge is 0.333 e. The molecule has 1 saturated heterocycles. The Kier molecular flexibility index (Phi) is 5.80. The van der Waals surface area contributed by atoms with Crippen LogP contribution < -0.4 is 0 Å². The van der Waals surface area contributed by atoms with E-state index in [2.05, 4.69) is 0 Å². The first kappa shape index (κ1) is 15.4. The Labute approximate surface area is 115 Å². The molecule has 19 heavy (non-hydrogen) atoms. The summed E-state index contributed by atoms with van der Waals surface area (Å²) in [7, 11) is -7.06. The summed E-state index contributed by atoms with van der Waals surface area (Å²) in [6, 6.07) is 0. The van der Waals surface area contributed by atoms with Crippen LogP contribution in [0.25, 0.3) is 0 Å². The van der Waals surface area contributed by atoms with Gasteiger partial charge in [-0.3, -0.25) is 8.75 Å². The van der Waals surface area contributed by atoms with E-state index in [1.54, 1.807) is 13.8 Å². The maximum Gasteiger partial charge on any atom is 0.333 e. The molecule has 0 aromatic rings. The minimum absolute atomic E-state index is 0.0932.